The summed E-state index contributed by atoms with van der Waals surface area (Å²) in [6, 6.07) is 10.1. The molecule has 0 radical (unpaired) electrons. The smallest absolute Gasteiger partial charge is 0.0245 e. The molecule has 1 rings (SSSR count). The van der Waals surface area contributed by atoms with Crippen LogP contribution in [0.5, 0.6) is 0 Å². The first-order chi connectivity index (χ1) is 7.64. The second kappa shape index (κ2) is 6.35. The van der Waals surface area contributed by atoms with E-state index < -0.39 is 0 Å². The highest BCUT2D eigenvalue weighted by Gasteiger charge is 2.13. The predicted molar refractivity (Wildman–Crippen MR) is 70.0 cm³/mol. The lowest BCUT2D eigenvalue weighted by Gasteiger charge is -2.21. The highest BCUT2D eigenvalue weighted by Crippen LogP contribution is 2.20. The molecular weight excluding hydrogens is 194 g/mol. The predicted octanol–water partition coefficient (Wildman–Crippen LogP) is 3.19. The number of hydrogen-bond acceptors (Lipinski definition) is 1. The van der Waals surface area contributed by atoms with Gasteiger partial charge in [-0.05, 0) is 36.9 Å². The summed E-state index contributed by atoms with van der Waals surface area (Å²) in [7, 11) is 0. The second-order valence-electron chi connectivity index (χ2n) is 4.89. The Morgan fingerprint density at radius 1 is 1.19 bits per heavy atom. The highest BCUT2D eigenvalue weighted by molar-refractivity contribution is 5.33. The zero-order chi connectivity index (χ0) is 11.9. The van der Waals surface area contributed by atoms with Gasteiger partial charge in [-0.15, -0.1) is 0 Å². The van der Waals surface area contributed by atoms with Crippen LogP contribution in [-0.2, 0) is 0 Å². The van der Waals surface area contributed by atoms with Crippen molar-refractivity contribution >= 4 is 0 Å². The van der Waals surface area contributed by atoms with Crippen molar-refractivity contribution < 1.29 is 0 Å². The normalized spacial score (nSPS) is 10.7. The Morgan fingerprint density at radius 2 is 1.88 bits per heavy atom. The molecule has 1 heteroatoms. The van der Waals surface area contributed by atoms with Gasteiger partial charge in [-0.3, -0.25) is 0 Å². The van der Waals surface area contributed by atoms with E-state index >= 15 is 0 Å². The summed E-state index contributed by atoms with van der Waals surface area (Å²) >= 11 is 0. The Bertz CT molecular complexity index is 354. The van der Waals surface area contributed by atoms with Crippen LogP contribution in [0.25, 0.3) is 0 Å². The largest absolute Gasteiger partial charge is 0.330 e. The van der Waals surface area contributed by atoms with Crippen molar-refractivity contribution in [3.63, 3.8) is 0 Å². The molecule has 0 aliphatic rings. The van der Waals surface area contributed by atoms with Gasteiger partial charge in [-0.1, -0.05) is 43.9 Å². The average molecular weight is 215 g/mol. The van der Waals surface area contributed by atoms with E-state index in [1.165, 1.54) is 0 Å². The van der Waals surface area contributed by atoms with Gasteiger partial charge in [-0.25, -0.2) is 0 Å². The van der Waals surface area contributed by atoms with Gasteiger partial charge in [-0.2, -0.15) is 0 Å². The van der Waals surface area contributed by atoms with E-state index in [-0.39, 0.29) is 5.41 Å². The van der Waals surface area contributed by atoms with E-state index in [0.717, 1.165) is 31.4 Å². The van der Waals surface area contributed by atoms with Crippen LogP contribution in [0.3, 0.4) is 0 Å². The molecule has 2 N–H and O–H groups in total. The quantitative estimate of drug-likeness (QED) is 0.606. The Labute approximate surface area is 99.1 Å². The van der Waals surface area contributed by atoms with Crippen molar-refractivity contribution in [3.8, 4) is 11.8 Å². The maximum absolute atomic E-state index is 5.68. The van der Waals surface area contributed by atoms with Gasteiger partial charge < -0.3 is 5.73 Å². The van der Waals surface area contributed by atoms with Crippen molar-refractivity contribution in [1.29, 1.82) is 0 Å². The average Bonchev–Trinajstić information content (AvgIpc) is 2.30. The minimum absolute atomic E-state index is 0.258. The molecule has 0 bridgehead atoms. The Morgan fingerprint density at radius 3 is 2.50 bits per heavy atom. The summed E-state index contributed by atoms with van der Waals surface area (Å²) in [5, 5.41) is 0. The van der Waals surface area contributed by atoms with Gasteiger partial charge in [0.1, 0.15) is 0 Å². The molecule has 0 amide bonds. The third-order valence-corrected chi connectivity index (χ3v) is 2.71. The fraction of sp³-hybridized carbons (Fsp3) is 0.467. The molecule has 0 unspecified atom stereocenters. The molecular formula is C15H21N. The van der Waals surface area contributed by atoms with Crippen molar-refractivity contribution in [2.75, 3.05) is 6.54 Å². The fourth-order valence-electron chi connectivity index (χ4n) is 1.44. The molecule has 1 nitrogen and oxygen atoms in total. The van der Waals surface area contributed by atoms with Crippen LogP contribution in [-0.4, -0.2) is 6.54 Å². The van der Waals surface area contributed by atoms with Crippen LogP contribution < -0.4 is 5.73 Å². The van der Waals surface area contributed by atoms with Crippen molar-refractivity contribution in [2.24, 2.45) is 11.1 Å². The van der Waals surface area contributed by atoms with Gasteiger partial charge >= 0.3 is 0 Å². The van der Waals surface area contributed by atoms with Gasteiger partial charge in [0.2, 0.25) is 0 Å². The molecule has 0 aliphatic heterocycles. The molecule has 0 saturated carbocycles. The molecule has 0 aliphatic carbocycles. The standard InChI is InChI=1S/C15H21N/c1-15(2,13-16)12-8-4-7-11-14-9-5-3-6-10-14/h3,5-6,9-10H,4,8,12-13,16H2,1-2H3. The van der Waals surface area contributed by atoms with Gasteiger partial charge in [0, 0.05) is 12.0 Å². The monoisotopic (exact) mass is 215 g/mol. The zero-order valence-corrected chi connectivity index (χ0v) is 10.3. The summed E-state index contributed by atoms with van der Waals surface area (Å²) in [6.45, 7) is 5.16. The molecule has 0 fully saturated rings. The topological polar surface area (TPSA) is 26.0 Å². The van der Waals surface area contributed by atoms with E-state index in [4.69, 9.17) is 5.73 Å². The maximum Gasteiger partial charge on any atom is 0.0245 e. The first-order valence-electron chi connectivity index (χ1n) is 5.88. The lowest BCUT2D eigenvalue weighted by Crippen LogP contribution is -2.23. The van der Waals surface area contributed by atoms with E-state index in [1.807, 2.05) is 30.3 Å². The number of hydrogen-bond donors (Lipinski definition) is 1. The molecule has 16 heavy (non-hydrogen) atoms. The number of unbranched alkanes of at least 4 members (excludes halogenated alkanes) is 1. The van der Waals surface area contributed by atoms with E-state index in [1.54, 1.807) is 0 Å². The molecule has 1 aromatic rings. The second-order valence-corrected chi connectivity index (χ2v) is 4.89. The molecule has 0 aromatic heterocycles. The summed E-state index contributed by atoms with van der Waals surface area (Å²) in [5.41, 5.74) is 7.03. The molecule has 1 aromatic carbocycles. The first-order valence-corrected chi connectivity index (χ1v) is 5.88. The van der Waals surface area contributed by atoms with Gasteiger partial charge in [0.25, 0.3) is 0 Å². The molecule has 0 heterocycles. The van der Waals surface area contributed by atoms with Crippen LogP contribution in [0.2, 0.25) is 0 Å². The summed E-state index contributed by atoms with van der Waals surface area (Å²) < 4.78 is 0. The SMILES string of the molecule is CC(C)(CN)CCCC#Cc1ccccc1. The minimum atomic E-state index is 0.258. The molecule has 86 valence electrons. The van der Waals surface area contributed by atoms with Gasteiger partial charge in [0.05, 0.1) is 0 Å². The van der Waals surface area contributed by atoms with Crippen LogP contribution in [0.15, 0.2) is 30.3 Å². The van der Waals surface area contributed by atoms with Crippen molar-refractivity contribution in [3.05, 3.63) is 35.9 Å². The fourth-order valence-corrected chi connectivity index (χ4v) is 1.44. The lowest BCUT2D eigenvalue weighted by atomic mass is 9.87. The van der Waals surface area contributed by atoms with Crippen LogP contribution in [0.1, 0.15) is 38.7 Å². The minimum Gasteiger partial charge on any atom is -0.330 e. The van der Waals surface area contributed by atoms with E-state index in [2.05, 4.69) is 25.7 Å². The maximum atomic E-state index is 5.68. The lowest BCUT2D eigenvalue weighted by molar-refractivity contribution is 0.339. The Hall–Kier alpha value is -1.26. The zero-order valence-electron chi connectivity index (χ0n) is 10.3. The molecule has 0 saturated heterocycles. The van der Waals surface area contributed by atoms with Crippen molar-refractivity contribution in [2.45, 2.75) is 33.1 Å². The van der Waals surface area contributed by atoms with Crippen LogP contribution in [0.4, 0.5) is 0 Å². The third kappa shape index (κ3) is 5.00. The number of nitrogens with two attached hydrogens (primary N) is 1. The first kappa shape index (κ1) is 12.8. The highest BCUT2D eigenvalue weighted by atomic mass is 14.6. The van der Waals surface area contributed by atoms with Crippen molar-refractivity contribution in [1.82, 2.24) is 0 Å². The number of rotatable bonds is 4. The summed E-state index contributed by atoms with van der Waals surface area (Å²) in [6.07, 6.45) is 3.23. The van der Waals surface area contributed by atoms with E-state index in [9.17, 15) is 0 Å². The summed E-state index contributed by atoms with van der Waals surface area (Å²) in [5.74, 6) is 6.38. The summed E-state index contributed by atoms with van der Waals surface area (Å²) in [4.78, 5) is 0. The molecule has 0 spiro atoms. The van der Waals surface area contributed by atoms with Crippen LogP contribution in [0, 0.1) is 17.3 Å². The number of benzene rings is 1. The van der Waals surface area contributed by atoms with Gasteiger partial charge in [0.15, 0.2) is 0 Å². The molecule has 0 atom stereocenters. The Balaban J connectivity index is 2.29. The third-order valence-electron chi connectivity index (χ3n) is 2.71. The Kier molecular flexibility index (Phi) is 5.08. The van der Waals surface area contributed by atoms with E-state index in [0.29, 0.717) is 0 Å². The van der Waals surface area contributed by atoms with Crippen LogP contribution >= 0.6 is 0 Å².